The maximum Gasteiger partial charge on any atom is 0.246 e. The van der Waals surface area contributed by atoms with Crippen molar-refractivity contribution in [2.45, 2.75) is 37.7 Å². The molecule has 0 bridgehead atoms. The molecule has 3 rings (SSSR count). The van der Waals surface area contributed by atoms with Crippen LogP contribution in [0.15, 0.2) is 12.1 Å². The van der Waals surface area contributed by atoms with Crippen LogP contribution in [-0.4, -0.2) is 23.7 Å². The molecule has 4 heteroatoms. The van der Waals surface area contributed by atoms with Gasteiger partial charge in [-0.25, -0.2) is 0 Å². The molecule has 4 nitrogen and oxygen atoms in total. The lowest BCUT2D eigenvalue weighted by Gasteiger charge is -2.16. The van der Waals surface area contributed by atoms with Gasteiger partial charge in [0.05, 0.1) is 6.61 Å². The van der Waals surface area contributed by atoms with Crippen molar-refractivity contribution in [2.24, 2.45) is 5.73 Å². The normalized spacial score (nSPS) is 22.2. The fourth-order valence-electron chi connectivity index (χ4n) is 3.17. The molecule has 3 N–H and O–H groups in total. The van der Waals surface area contributed by atoms with Crippen molar-refractivity contribution < 1.29 is 14.6 Å². The summed E-state index contributed by atoms with van der Waals surface area (Å²) in [7, 11) is 0. The molecule has 18 heavy (non-hydrogen) atoms. The van der Waals surface area contributed by atoms with Crippen LogP contribution in [0.1, 0.15) is 35.4 Å². The van der Waals surface area contributed by atoms with Gasteiger partial charge in [-0.2, -0.15) is 0 Å². The molecule has 1 aliphatic heterocycles. The van der Waals surface area contributed by atoms with Gasteiger partial charge >= 0.3 is 0 Å². The minimum atomic E-state index is -1.04. The second-order valence-corrected chi connectivity index (χ2v) is 5.10. The van der Waals surface area contributed by atoms with E-state index in [-0.39, 0.29) is 5.92 Å². The van der Waals surface area contributed by atoms with Gasteiger partial charge in [-0.15, -0.1) is 0 Å². The number of aliphatic hydroxyl groups excluding tert-OH is 1. The number of primary amides is 1. The number of rotatable bonds is 3. The third-order valence-corrected chi connectivity index (χ3v) is 4.02. The third-order valence-electron chi connectivity index (χ3n) is 4.02. The summed E-state index contributed by atoms with van der Waals surface area (Å²) >= 11 is 0. The minimum absolute atomic E-state index is 0.235. The molecule has 0 radical (unpaired) electrons. The molecular formula is C14H17NO3. The van der Waals surface area contributed by atoms with E-state index in [1.165, 1.54) is 16.7 Å². The van der Waals surface area contributed by atoms with Crippen molar-refractivity contribution in [3.05, 3.63) is 28.8 Å². The summed E-state index contributed by atoms with van der Waals surface area (Å²) in [6.45, 7) is 0.733. The SMILES string of the molecule is NC(=O)C(O)CC1CCc2ccc3c(c21)CCO3. The Kier molecular flexibility index (Phi) is 2.74. The molecule has 2 atom stereocenters. The number of carbonyl (C=O) groups excluding carboxylic acids is 1. The first-order chi connectivity index (χ1) is 8.66. The third kappa shape index (κ3) is 1.77. The van der Waals surface area contributed by atoms with Gasteiger partial charge in [-0.1, -0.05) is 6.07 Å². The quantitative estimate of drug-likeness (QED) is 0.833. The van der Waals surface area contributed by atoms with Crippen LogP contribution >= 0.6 is 0 Å². The topological polar surface area (TPSA) is 72.6 Å². The lowest BCUT2D eigenvalue weighted by molar-refractivity contribution is -0.126. The highest BCUT2D eigenvalue weighted by Gasteiger charge is 2.31. The number of benzene rings is 1. The van der Waals surface area contributed by atoms with Gasteiger partial charge < -0.3 is 15.6 Å². The van der Waals surface area contributed by atoms with Crippen molar-refractivity contribution in [1.29, 1.82) is 0 Å². The standard InChI is InChI=1S/C14H17NO3/c15-14(17)11(16)7-9-2-1-8-3-4-12-10(13(8)9)5-6-18-12/h3-4,9,11,16H,1-2,5-7H2,(H2,15,17). The van der Waals surface area contributed by atoms with Crippen LogP contribution in [0.2, 0.25) is 0 Å². The van der Waals surface area contributed by atoms with E-state index < -0.39 is 12.0 Å². The average molecular weight is 247 g/mol. The molecule has 2 unspecified atom stereocenters. The van der Waals surface area contributed by atoms with Crippen LogP contribution in [0.3, 0.4) is 0 Å². The first-order valence-electron chi connectivity index (χ1n) is 6.41. The summed E-state index contributed by atoms with van der Waals surface area (Å²) < 4.78 is 5.57. The van der Waals surface area contributed by atoms with E-state index >= 15 is 0 Å². The highest BCUT2D eigenvalue weighted by atomic mass is 16.5. The van der Waals surface area contributed by atoms with Gasteiger partial charge in [0.15, 0.2) is 0 Å². The Morgan fingerprint density at radius 1 is 1.50 bits per heavy atom. The van der Waals surface area contributed by atoms with E-state index in [1.807, 2.05) is 6.07 Å². The van der Waals surface area contributed by atoms with Crippen LogP contribution < -0.4 is 10.5 Å². The molecule has 1 amide bonds. The van der Waals surface area contributed by atoms with Gasteiger partial charge in [0, 0.05) is 12.0 Å². The molecule has 0 spiro atoms. The predicted octanol–water partition coefficient (Wildman–Crippen LogP) is 0.888. The van der Waals surface area contributed by atoms with Gasteiger partial charge in [0.1, 0.15) is 11.9 Å². The monoisotopic (exact) mass is 247 g/mol. The second-order valence-electron chi connectivity index (χ2n) is 5.10. The van der Waals surface area contributed by atoms with Gasteiger partial charge in [0.25, 0.3) is 0 Å². The Morgan fingerprint density at radius 3 is 3.11 bits per heavy atom. The summed E-state index contributed by atoms with van der Waals surface area (Å²) in [6.07, 6.45) is 2.31. The number of nitrogens with two attached hydrogens (primary N) is 1. The molecule has 96 valence electrons. The van der Waals surface area contributed by atoms with Crippen LogP contribution in [0.25, 0.3) is 0 Å². The number of carbonyl (C=O) groups is 1. The largest absolute Gasteiger partial charge is 0.493 e. The van der Waals surface area contributed by atoms with Crippen molar-refractivity contribution in [2.75, 3.05) is 6.61 Å². The maximum absolute atomic E-state index is 11.0. The lowest BCUT2D eigenvalue weighted by atomic mass is 9.90. The average Bonchev–Trinajstić information content (AvgIpc) is 2.94. The number of fused-ring (bicyclic) bond motifs is 3. The summed E-state index contributed by atoms with van der Waals surface area (Å²) in [4.78, 5) is 11.0. The van der Waals surface area contributed by atoms with E-state index in [1.54, 1.807) is 0 Å². The Balaban J connectivity index is 1.91. The highest BCUT2D eigenvalue weighted by Crippen LogP contribution is 2.43. The Hall–Kier alpha value is -1.55. The molecule has 1 heterocycles. The Bertz CT molecular complexity index is 498. The van der Waals surface area contributed by atoms with Crippen LogP contribution in [0.5, 0.6) is 5.75 Å². The van der Waals surface area contributed by atoms with Crippen LogP contribution in [-0.2, 0) is 17.6 Å². The number of aryl methyl sites for hydroxylation is 1. The zero-order valence-corrected chi connectivity index (χ0v) is 10.2. The lowest BCUT2D eigenvalue weighted by Crippen LogP contribution is -2.29. The highest BCUT2D eigenvalue weighted by molar-refractivity contribution is 5.78. The number of amides is 1. The van der Waals surface area contributed by atoms with Crippen molar-refractivity contribution in [3.63, 3.8) is 0 Å². The molecule has 1 aromatic rings. The number of ether oxygens (including phenoxy) is 1. The number of aliphatic hydroxyl groups is 1. The zero-order valence-electron chi connectivity index (χ0n) is 10.2. The molecule has 2 aliphatic rings. The molecular weight excluding hydrogens is 230 g/mol. The number of hydrogen-bond acceptors (Lipinski definition) is 3. The molecule has 1 aliphatic carbocycles. The van der Waals surface area contributed by atoms with Gasteiger partial charge in [0.2, 0.25) is 5.91 Å². The maximum atomic E-state index is 11.0. The van der Waals surface area contributed by atoms with E-state index in [9.17, 15) is 9.90 Å². The summed E-state index contributed by atoms with van der Waals surface area (Å²) in [5, 5.41) is 9.66. The summed E-state index contributed by atoms with van der Waals surface area (Å²) in [5.74, 6) is 0.570. The fourth-order valence-corrected chi connectivity index (χ4v) is 3.17. The van der Waals surface area contributed by atoms with Crippen molar-refractivity contribution >= 4 is 5.91 Å². The van der Waals surface area contributed by atoms with Crippen LogP contribution in [0.4, 0.5) is 0 Å². The first-order valence-corrected chi connectivity index (χ1v) is 6.41. The molecule has 1 aromatic carbocycles. The molecule has 0 saturated carbocycles. The fraction of sp³-hybridized carbons (Fsp3) is 0.500. The Labute approximate surface area is 106 Å². The number of hydrogen-bond donors (Lipinski definition) is 2. The van der Waals surface area contributed by atoms with Crippen molar-refractivity contribution in [1.82, 2.24) is 0 Å². The van der Waals surface area contributed by atoms with E-state index in [4.69, 9.17) is 10.5 Å². The summed E-state index contributed by atoms with van der Waals surface area (Å²) in [6, 6.07) is 4.14. The van der Waals surface area contributed by atoms with E-state index in [0.717, 1.165) is 31.6 Å². The van der Waals surface area contributed by atoms with Gasteiger partial charge in [-0.05, 0) is 42.4 Å². The molecule has 0 saturated heterocycles. The second kappa shape index (κ2) is 4.28. The predicted molar refractivity (Wildman–Crippen MR) is 66.5 cm³/mol. The summed E-state index contributed by atoms with van der Waals surface area (Å²) in [5.41, 5.74) is 9.03. The Morgan fingerprint density at radius 2 is 2.33 bits per heavy atom. The van der Waals surface area contributed by atoms with E-state index in [2.05, 4.69) is 6.07 Å². The zero-order chi connectivity index (χ0) is 12.7. The first kappa shape index (κ1) is 11.5. The minimum Gasteiger partial charge on any atom is -0.493 e. The molecule has 0 fully saturated rings. The van der Waals surface area contributed by atoms with Crippen LogP contribution in [0, 0.1) is 0 Å². The molecule has 0 aromatic heterocycles. The van der Waals surface area contributed by atoms with Crippen molar-refractivity contribution in [3.8, 4) is 5.75 Å². The smallest absolute Gasteiger partial charge is 0.246 e. The van der Waals surface area contributed by atoms with E-state index in [0.29, 0.717) is 6.42 Å². The van der Waals surface area contributed by atoms with Gasteiger partial charge in [-0.3, -0.25) is 4.79 Å².